The molecule has 0 bridgehead atoms. The van der Waals surface area contributed by atoms with Crippen molar-refractivity contribution >= 4 is 21.8 Å². The standard InChI is InChI=1S/C16H22BrNO2/c1-12-9-10-18(11-15(12)19)16(20)8-4-6-13-5-2-3-7-14(13)17/h2-3,5,7,12,15,19H,4,6,8-11H2,1H3. The first kappa shape index (κ1) is 15.5. The van der Waals surface area contributed by atoms with Crippen molar-refractivity contribution < 1.29 is 9.90 Å². The number of benzene rings is 1. The van der Waals surface area contributed by atoms with Crippen LogP contribution in [0.4, 0.5) is 0 Å². The third-order valence-electron chi connectivity index (χ3n) is 4.07. The molecule has 110 valence electrons. The van der Waals surface area contributed by atoms with Crippen molar-refractivity contribution in [3.05, 3.63) is 34.3 Å². The predicted molar refractivity (Wildman–Crippen MR) is 83.4 cm³/mol. The minimum atomic E-state index is -0.365. The molecule has 4 heteroatoms. The Morgan fingerprint density at radius 2 is 2.20 bits per heavy atom. The van der Waals surface area contributed by atoms with Gasteiger partial charge in [0.05, 0.1) is 6.10 Å². The van der Waals surface area contributed by atoms with Gasteiger partial charge in [-0.3, -0.25) is 4.79 Å². The fourth-order valence-electron chi connectivity index (χ4n) is 2.56. The van der Waals surface area contributed by atoms with Crippen LogP contribution in [0.1, 0.15) is 31.7 Å². The average Bonchev–Trinajstić information content (AvgIpc) is 2.44. The molecule has 1 fully saturated rings. The largest absolute Gasteiger partial charge is 0.391 e. The second-order valence-electron chi connectivity index (χ2n) is 5.62. The molecule has 1 N–H and O–H groups in total. The van der Waals surface area contributed by atoms with Gasteiger partial charge in [-0.25, -0.2) is 0 Å². The predicted octanol–water partition coefficient (Wildman–Crippen LogP) is 3.00. The smallest absolute Gasteiger partial charge is 0.222 e. The minimum absolute atomic E-state index is 0.169. The lowest BCUT2D eigenvalue weighted by molar-refractivity contribution is -0.135. The Balaban J connectivity index is 1.77. The van der Waals surface area contributed by atoms with E-state index in [4.69, 9.17) is 0 Å². The van der Waals surface area contributed by atoms with E-state index in [1.54, 1.807) is 0 Å². The van der Waals surface area contributed by atoms with Gasteiger partial charge >= 0.3 is 0 Å². The average molecular weight is 340 g/mol. The number of aliphatic hydroxyl groups excluding tert-OH is 1. The molecule has 1 heterocycles. The van der Waals surface area contributed by atoms with Gasteiger partial charge in [0.2, 0.25) is 5.91 Å². The van der Waals surface area contributed by atoms with Gasteiger partial charge in [-0.1, -0.05) is 41.1 Å². The lowest BCUT2D eigenvalue weighted by Crippen LogP contribution is -2.45. The molecule has 1 aliphatic heterocycles. The first-order chi connectivity index (χ1) is 9.58. The zero-order valence-corrected chi connectivity index (χ0v) is 13.5. The Hall–Kier alpha value is -0.870. The summed E-state index contributed by atoms with van der Waals surface area (Å²) in [7, 11) is 0. The molecule has 0 radical (unpaired) electrons. The van der Waals surface area contributed by atoms with Crippen LogP contribution in [-0.2, 0) is 11.2 Å². The van der Waals surface area contributed by atoms with Gasteiger partial charge in [0.15, 0.2) is 0 Å². The van der Waals surface area contributed by atoms with Crippen LogP contribution in [0.25, 0.3) is 0 Å². The van der Waals surface area contributed by atoms with E-state index in [9.17, 15) is 9.90 Å². The summed E-state index contributed by atoms with van der Waals surface area (Å²) in [4.78, 5) is 13.9. The highest BCUT2D eigenvalue weighted by atomic mass is 79.9. The van der Waals surface area contributed by atoms with Gasteiger partial charge in [0.25, 0.3) is 0 Å². The van der Waals surface area contributed by atoms with Crippen molar-refractivity contribution in [1.82, 2.24) is 4.90 Å². The molecular weight excluding hydrogens is 318 g/mol. The van der Waals surface area contributed by atoms with Gasteiger partial charge in [0, 0.05) is 24.0 Å². The van der Waals surface area contributed by atoms with Crippen molar-refractivity contribution in [2.75, 3.05) is 13.1 Å². The Morgan fingerprint density at radius 1 is 1.45 bits per heavy atom. The van der Waals surface area contributed by atoms with Gasteiger partial charge < -0.3 is 10.0 Å². The Labute approximate surface area is 129 Å². The molecule has 0 spiro atoms. The van der Waals surface area contributed by atoms with Crippen LogP contribution in [-0.4, -0.2) is 35.1 Å². The fourth-order valence-corrected chi connectivity index (χ4v) is 3.05. The molecule has 1 aromatic carbocycles. The van der Waals surface area contributed by atoms with Crippen LogP contribution in [0.2, 0.25) is 0 Å². The lowest BCUT2D eigenvalue weighted by Gasteiger charge is -2.34. The number of piperidine rings is 1. The fraction of sp³-hybridized carbons (Fsp3) is 0.562. The van der Waals surface area contributed by atoms with E-state index >= 15 is 0 Å². The number of β-amino-alcohol motifs (C(OH)–C–C–N with tert-alkyl or cyclic N) is 1. The summed E-state index contributed by atoms with van der Waals surface area (Å²) in [6, 6.07) is 8.12. The van der Waals surface area contributed by atoms with Gasteiger partial charge in [-0.05, 0) is 36.8 Å². The SMILES string of the molecule is CC1CCN(C(=O)CCCc2ccccc2Br)CC1O. The summed E-state index contributed by atoms with van der Waals surface area (Å²) in [6.07, 6.45) is 2.85. The van der Waals surface area contributed by atoms with E-state index in [1.165, 1.54) is 5.56 Å². The number of likely N-dealkylation sites (tertiary alicyclic amines) is 1. The zero-order chi connectivity index (χ0) is 14.5. The number of nitrogens with zero attached hydrogens (tertiary/aromatic N) is 1. The van der Waals surface area contributed by atoms with E-state index in [0.717, 1.165) is 30.3 Å². The van der Waals surface area contributed by atoms with Crippen LogP contribution in [0.15, 0.2) is 28.7 Å². The summed E-state index contributed by atoms with van der Waals surface area (Å²) in [5, 5.41) is 9.84. The summed E-state index contributed by atoms with van der Waals surface area (Å²) < 4.78 is 1.11. The summed E-state index contributed by atoms with van der Waals surface area (Å²) in [5.41, 5.74) is 1.24. The van der Waals surface area contributed by atoms with Gasteiger partial charge in [-0.15, -0.1) is 0 Å². The van der Waals surface area contributed by atoms with Crippen LogP contribution < -0.4 is 0 Å². The molecule has 0 saturated carbocycles. The number of carbonyl (C=O) groups is 1. The van der Waals surface area contributed by atoms with E-state index < -0.39 is 0 Å². The highest BCUT2D eigenvalue weighted by Crippen LogP contribution is 2.20. The molecule has 1 aromatic rings. The van der Waals surface area contributed by atoms with Crippen LogP contribution in [0.5, 0.6) is 0 Å². The number of hydrogen-bond donors (Lipinski definition) is 1. The molecule has 20 heavy (non-hydrogen) atoms. The number of amides is 1. The first-order valence-corrected chi connectivity index (χ1v) is 8.06. The maximum absolute atomic E-state index is 12.1. The van der Waals surface area contributed by atoms with Crippen molar-refractivity contribution in [2.24, 2.45) is 5.92 Å². The van der Waals surface area contributed by atoms with Gasteiger partial charge in [0.1, 0.15) is 0 Å². The molecule has 0 aliphatic carbocycles. The number of carbonyl (C=O) groups excluding carboxylic acids is 1. The topological polar surface area (TPSA) is 40.5 Å². The van der Waals surface area contributed by atoms with Crippen LogP contribution >= 0.6 is 15.9 Å². The Kier molecular flexibility index (Phi) is 5.61. The number of aliphatic hydroxyl groups is 1. The van der Waals surface area contributed by atoms with Crippen molar-refractivity contribution in [2.45, 2.75) is 38.7 Å². The molecule has 3 nitrogen and oxygen atoms in total. The lowest BCUT2D eigenvalue weighted by atomic mass is 9.95. The van der Waals surface area contributed by atoms with E-state index in [-0.39, 0.29) is 12.0 Å². The highest BCUT2D eigenvalue weighted by molar-refractivity contribution is 9.10. The highest BCUT2D eigenvalue weighted by Gasteiger charge is 2.26. The van der Waals surface area contributed by atoms with Crippen molar-refractivity contribution in [1.29, 1.82) is 0 Å². The summed E-state index contributed by atoms with van der Waals surface area (Å²) in [6.45, 7) is 3.32. The summed E-state index contributed by atoms with van der Waals surface area (Å²) in [5.74, 6) is 0.474. The number of aryl methyl sites for hydroxylation is 1. The number of halogens is 1. The quantitative estimate of drug-likeness (QED) is 0.915. The monoisotopic (exact) mass is 339 g/mol. The van der Waals surface area contributed by atoms with E-state index in [2.05, 4.69) is 22.0 Å². The van der Waals surface area contributed by atoms with Gasteiger partial charge in [-0.2, -0.15) is 0 Å². The molecular formula is C16H22BrNO2. The molecule has 1 saturated heterocycles. The Bertz CT molecular complexity index is 464. The minimum Gasteiger partial charge on any atom is -0.391 e. The second kappa shape index (κ2) is 7.23. The number of hydrogen-bond acceptors (Lipinski definition) is 2. The molecule has 1 aliphatic rings. The first-order valence-electron chi connectivity index (χ1n) is 7.27. The maximum atomic E-state index is 12.1. The normalized spacial score (nSPS) is 22.9. The van der Waals surface area contributed by atoms with E-state index in [0.29, 0.717) is 18.9 Å². The van der Waals surface area contributed by atoms with Crippen molar-refractivity contribution in [3.63, 3.8) is 0 Å². The molecule has 0 aromatic heterocycles. The third-order valence-corrected chi connectivity index (χ3v) is 4.84. The Morgan fingerprint density at radius 3 is 2.90 bits per heavy atom. The molecule has 2 unspecified atom stereocenters. The summed E-state index contributed by atoms with van der Waals surface area (Å²) >= 11 is 3.53. The van der Waals surface area contributed by atoms with Crippen LogP contribution in [0, 0.1) is 5.92 Å². The number of rotatable bonds is 4. The van der Waals surface area contributed by atoms with Crippen molar-refractivity contribution in [3.8, 4) is 0 Å². The third kappa shape index (κ3) is 4.06. The molecule has 1 amide bonds. The zero-order valence-electron chi connectivity index (χ0n) is 11.9. The van der Waals surface area contributed by atoms with Crippen LogP contribution in [0.3, 0.4) is 0 Å². The second-order valence-corrected chi connectivity index (χ2v) is 6.47. The molecule has 2 rings (SSSR count). The molecule has 2 atom stereocenters. The maximum Gasteiger partial charge on any atom is 0.222 e. The van der Waals surface area contributed by atoms with E-state index in [1.807, 2.05) is 30.0 Å².